The van der Waals surface area contributed by atoms with E-state index >= 15 is 0 Å². The summed E-state index contributed by atoms with van der Waals surface area (Å²) in [5, 5.41) is 11.5. The van der Waals surface area contributed by atoms with E-state index in [-0.39, 0.29) is 11.1 Å². The Morgan fingerprint density at radius 3 is 1.50 bits per heavy atom. The van der Waals surface area contributed by atoms with Crippen molar-refractivity contribution in [2.75, 3.05) is 51.7 Å². The van der Waals surface area contributed by atoms with E-state index in [9.17, 15) is 0 Å². The lowest BCUT2D eigenvalue weighted by atomic mass is 9.95. The van der Waals surface area contributed by atoms with Crippen LogP contribution in [0.25, 0.3) is 0 Å². The van der Waals surface area contributed by atoms with Gasteiger partial charge in [0.1, 0.15) is 18.8 Å². The third kappa shape index (κ3) is 8.49. The smallest absolute Gasteiger partial charge is 0.186 e. The minimum atomic E-state index is 0.125. The second-order valence-corrected chi connectivity index (χ2v) is 17.2. The SMILES string of the molecule is CC(C)C1=NC2(CCCC2)CO1.CC(C)C1=NC2(CNC2)CO1.CC(C)C1=NC2(CNC2)CS1.CC(C)C1=NCC2(CCCC2)N1. The fourth-order valence-corrected chi connectivity index (χ4v) is 8.41. The molecule has 8 rings (SSSR count). The zero-order valence-corrected chi connectivity index (χ0v) is 31.0. The lowest BCUT2D eigenvalue weighted by Gasteiger charge is -2.35. The maximum absolute atomic E-state index is 5.60. The van der Waals surface area contributed by atoms with Gasteiger partial charge in [0.2, 0.25) is 0 Å². The van der Waals surface area contributed by atoms with Crippen LogP contribution in [-0.4, -0.2) is 96.5 Å². The molecule has 0 amide bonds. The van der Waals surface area contributed by atoms with E-state index < -0.39 is 0 Å². The molecule has 0 bridgehead atoms. The molecule has 8 aliphatic rings. The number of nitrogens with one attached hydrogen (secondary N) is 3. The van der Waals surface area contributed by atoms with Gasteiger partial charge in [-0.15, -0.1) is 11.8 Å². The summed E-state index contributed by atoms with van der Waals surface area (Å²) < 4.78 is 11.1. The lowest BCUT2D eigenvalue weighted by Crippen LogP contribution is -2.59. The predicted octanol–water partition coefficient (Wildman–Crippen LogP) is 5.88. The molecule has 0 aromatic heterocycles. The Hall–Kier alpha value is -1.65. The van der Waals surface area contributed by atoms with Gasteiger partial charge in [-0.2, -0.15) is 0 Å². The van der Waals surface area contributed by atoms with Crippen LogP contribution < -0.4 is 16.0 Å². The Morgan fingerprint density at radius 1 is 0.609 bits per heavy atom. The highest BCUT2D eigenvalue weighted by atomic mass is 32.2. The van der Waals surface area contributed by atoms with Gasteiger partial charge >= 0.3 is 0 Å². The van der Waals surface area contributed by atoms with Crippen LogP contribution in [0.1, 0.15) is 107 Å². The summed E-state index contributed by atoms with van der Waals surface area (Å²) in [5.74, 6) is 6.46. The van der Waals surface area contributed by atoms with E-state index in [4.69, 9.17) is 19.5 Å². The van der Waals surface area contributed by atoms with Crippen molar-refractivity contribution in [2.24, 2.45) is 43.6 Å². The molecule has 260 valence electrons. The molecule has 0 radical (unpaired) electrons. The molecule has 0 aromatic rings. The quantitative estimate of drug-likeness (QED) is 0.349. The van der Waals surface area contributed by atoms with Crippen LogP contribution in [0.3, 0.4) is 0 Å². The molecular weight excluding hydrogens is 595 g/mol. The number of thioether (sulfide) groups is 1. The van der Waals surface area contributed by atoms with E-state index in [2.05, 4.69) is 81.3 Å². The summed E-state index contributed by atoms with van der Waals surface area (Å²) in [6.45, 7) is 24.2. The molecule has 4 fully saturated rings. The van der Waals surface area contributed by atoms with Crippen LogP contribution >= 0.6 is 11.8 Å². The van der Waals surface area contributed by atoms with Gasteiger partial charge in [-0.05, 0) is 25.7 Å². The summed E-state index contributed by atoms with van der Waals surface area (Å²) in [5.41, 5.74) is 1.03. The molecule has 6 aliphatic heterocycles. The molecule has 2 saturated carbocycles. The molecule has 10 heteroatoms. The Morgan fingerprint density at radius 2 is 1.13 bits per heavy atom. The number of hydrogen-bond donors (Lipinski definition) is 3. The van der Waals surface area contributed by atoms with Gasteiger partial charge in [-0.25, -0.2) is 9.98 Å². The van der Waals surface area contributed by atoms with Crippen LogP contribution in [-0.2, 0) is 9.47 Å². The standard InChI is InChI=1S/C10H18N2.C10H17NO.C8H14N2O.C8H14N2S/c1-8(2)9-11-7-10(12-9)5-3-4-6-10;1-8(2)9-11-10(7-12-9)5-3-4-6-10;2*1-6(2)7-10-8(5-11-7)3-9-4-8/h8H,3-7H2,1-2H3,(H,11,12);8H,3-7H2,1-2H3;2*6,9H,3-5H2,1-2H3. The summed E-state index contributed by atoms with van der Waals surface area (Å²) in [6, 6.07) is 0. The Labute approximate surface area is 283 Å². The van der Waals surface area contributed by atoms with E-state index in [0.29, 0.717) is 34.7 Å². The largest absolute Gasteiger partial charge is 0.478 e. The molecule has 6 heterocycles. The summed E-state index contributed by atoms with van der Waals surface area (Å²) >= 11 is 1.94. The predicted molar refractivity (Wildman–Crippen MR) is 195 cm³/mol. The minimum absolute atomic E-state index is 0.125. The number of nitrogens with zero attached hydrogens (tertiary/aromatic N) is 4. The van der Waals surface area contributed by atoms with Crippen molar-refractivity contribution in [3.05, 3.63) is 0 Å². The first-order valence-electron chi connectivity index (χ1n) is 18.3. The Kier molecular flexibility index (Phi) is 11.5. The highest BCUT2D eigenvalue weighted by Crippen LogP contribution is 2.38. The van der Waals surface area contributed by atoms with Crippen molar-refractivity contribution in [2.45, 2.75) is 129 Å². The molecule has 46 heavy (non-hydrogen) atoms. The highest BCUT2D eigenvalue weighted by molar-refractivity contribution is 8.14. The van der Waals surface area contributed by atoms with Crippen LogP contribution in [0.15, 0.2) is 20.0 Å². The first-order chi connectivity index (χ1) is 21.9. The highest BCUT2D eigenvalue weighted by Gasteiger charge is 2.43. The molecule has 2 saturated heterocycles. The molecule has 3 N–H and O–H groups in total. The van der Waals surface area contributed by atoms with Crippen LogP contribution in [0, 0.1) is 23.7 Å². The Bertz CT molecular complexity index is 1110. The number of ether oxygens (including phenoxy) is 2. The molecule has 0 unspecified atom stereocenters. The van der Waals surface area contributed by atoms with Gasteiger partial charge in [0.05, 0.1) is 34.0 Å². The third-order valence-electron chi connectivity index (χ3n) is 10.4. The van der Waals surface area contributed by atoms with Crippen molar-refractivity contribution in [1.82, 2.24) is 16.0 Å². The molecular formula is C36H63N7O2S. The maximum Gasteiger partial charge on any atom is 0.186 e. The average molecular weight is 658 g/mol. The van der Waals surface area contributed by atoms with Crippen molar-refractivity contribution in [1.29, 1.82) is 0 Å². The van der Waals surface area contributed by atoms with E-state index in [1.54, 1.807) is 0 Å². The van der Waals surface area contributed by atoms with Crippen molar-refractivity contribution in [3.8, 4) is 0 Å². The number of rotatable bonds is 4. The molecule has 9 nitrogen and oxygen atoms in total. The zero-order chi connectivity index (χ0) is 33.0. The van der Waals surface area contributed by atoms with Crippen molar-refractivity contribution < 1.29 is 9.47 Å². The van der Waals surface area contributed by atoms with Crippen LogP contribution in [0.5, 0.6) is 0 Å². The summed E-state index contributed by atoms with van der Waals surface area (Å²) in [4.78, 5) is 18.6. The van der Waals surface area contributed by atoms with Gasteiger partial charge in [0, 0.05) is 55.6 Å². The number of aliphatic imine (C=N–C) groups is 4. The number of hydrogen-bond acceptors (Lipinski definition) is 10. The Balaban J connectivity index is 0.000000121. The van der Waals surface area contributed by atoms with Gasteiger partial charge in [-0.3, -0.25) is 9.98 Å². The van der Waals surface area contributed by atoms with Gasteiger partial charge in [-0.1, -0.05) is 81.1 Å². The first kappa shape index (κ1) is 35.7. The monoisotopic (exact) mass is 657 g/mol. The van der Waals surface area contributed by atoms with Gasteiger partial charge in [0.15, 0.2) is 11.8 Å². The molecule has 0 aromatic carbocycles. The fourth-order valence-electron chi connectivity index (χ4n) is 7.13. The maximum atomic E-state index is 5.60. The van der Waals surface area contributed by atoms with Gasteiger partial charge in [0.25, 0.3) is 0 Å². The summed E-state index contributed by atoms with van der Waals surface area (Å²) in [7, 11) is 0. The molecule has 2 aliphatic carbocycles. The molecule has 0 atom stereocenters. The van der Waals surface area contributed by atoms with E-state index in [1.165, 1.54) is 68.0 Å². The molecule has 4 spiro atoms. The normalized spacial score (nSPS) is 26.7. The van der Waals surface area contributed by atoms with E-state index in [0.717, 1.165) is 57.7 Å². The third-order valence-corrected chi connectivity index (χ3v) is 11.9. The number of amidine groups is 1. The second-order valence-electron chi connectivity index (χ2n) is 16.2. The van der Waals surface area contributed by atoms with E-state index in [1.807, 2.05) is 11.8 Å². The second kappa shape index (κ2) is 14.9. The topological polar surface area (TPSA) is 104 Å². The van der Waals surface area contributed by atoms with Crippen molar-refractivity contribution >= 4 is 34.4 Å². The average Bonchev–Trinajstić information content (AvgIpc) is 3.84. The zero-order valence-electron chi connectivity index (χ0n) is 30.1. The lowest BCUT2D eigenvalue weighted by molar-refractivity contribution is 0.192. The fraction of sp³-hybridized carbons (Fsp3) is 0.889. The first-order valence-corrected chi connectivity index (χ1v) is 19.3. The van der Waals surface area contributed by atoms with Gasteiger partial charge < -0.3 is 25.4 Å². The van der Waals surface area contributed by atoms with Crippen LogP contribution in [0.4, 0.5) is 0 Å². The minimum Gasteiger partial charge on any atom is -0.478 e. The van der Waals surface area contributed by atoms with Crippen molar-refractivity contribution in [3.63, 3.8) is 0 Å². The summed E-state index contributed by atoms with van der Waals surface area (Å²) in [6.07, 6.45) is 10.6. The van der Waals surface area contributed by atoms with Crippen LogP contribution in [0.2, 0.25) is 0 Å².